The zero-order valence-electron chi connectivity index (χ0n) is 10.1. The molecule has 0 radical (unpaired) electrons. The van der Waals surface area contributed by atoms with Gasteiger partial charge in [-0.25, -0.2) is 0 Å². The lowest BCUT2D eigenvalue weighted by atomic mass is 9.82. The van der Waals surface area contributed by atoms with Gasteiger partial charge in [-0.15, -0.1) is 0 Å². The molecule has 1 N–H and O–H groups in total. The maximum atomic E-state index is 12.1. The zero-order chi connectivity index (χ0) is 13.3. The number of nitrogens with zero attached hydrogens (tertiary/aromatic N) is 1. The van der Waals surface area contributed by atoms with Crippen molar-refractivity contribution in [3.05, 3.63) is 33.8 Å². The Labute approximate surface area is 116 Å². The molecule has 0 spiro atoms. The molecule has 3 nitrogen and oxygen atoms in total. The smallest absolute Gasteiger partial charge is 0.253 e. The monoisotopic (exact) mass is 287 g/mol. The van der Waals surface area contributed by atoms with Gasteiger partial charge in [-0.2, -0.15) is 0 Å². The molecule has 1 aliphatic rings. The Morgan fingerprint density at radius 1 is 1.39 bits per heavy atom. The lowest BCUT2D eigenvalue weighted by Gasteiger charge is -2.34. The summed E-state index contributed by atoms with van der Waals surface area (Å²) in [6.07, 6.45) is 1.36. The highest BCUT2D eigenvalue weighted by Gasteiger charge is 2.29. The number of aliphatic hydroxyl groups excluding tert-OH is 1. The molecule has 1 saturated carbocycles. The van der Waals surface area contributed by atoms with E-state index in [2.05, 4.69) is 0 Å². The number of hydrogen-bond donors (Lipinski definition) is 1. The van der Waals surface area contributed by atoms with Crippen molar-refractivity contribution in [1.29, 1.82) is 0 Å². The molecule has 0 atom stereocenters. The SMILES string of the molecule is CN(CC1CC(O)C1)C(=O)c1ccc(Cl)c(Cl)c1. The summed E-state index contributed by atoms with van der Waals surface area (Å²) in [5.74, 6) is 0.326. The van der Waals surface area contributed by atoms with Crippen molar-refractivity contribution in [2.24, 2.45) is 5.92 Å². The van der Waals surface area contributed by atoms with Gasteiger partial charge in [-0.1, -0.05) is 23.2 Å². The molecular formula is C13H15Cl2NO2. The van der Waals surface area contributed by atoms with Crippen LogP contribution in [0.25, 0.3) is 0 Å². The molecule has 0 aromatic heterocycles. The quantitative estimate of drug-likeness (QED) is 0.929. The van der Waals surface area contributed by atoms with E-state index in [0.717, 1.165) is 12.8 Å². The van der Waals surface area contributed by atoms with Crippen molar-refractivity contribution in [1.82, 2.24) is 4.90 Å². The summed E-state index contributed by atoms with van der Waals surface area (Å²) in [5.41, 5.74) is 0.534. The third-order valence-corrected chi connectivity index (χ3v) is 4.00. The van der Waals surface area contributed by atoms with Crippen molar-refractivity contribution in [3.63, 3.8) is 0 Å². The molecule has 1 fully saturated rings. The molecule has 0 heterocycles. The summed E-state index contributed by atoms with van der Waals surface area (Å²) < 4.78 is 0. The average Bonchev–Trinajstić information content (AvgIpc) is 2.29. The van der Waals surface area contributed by atoms with Crippen LogP contribution in [0.4, 0.5) is 0 Å². The first-order valence-electron chi connectivity index (χ1n) is 5.86. The van der Waals surface area contributed by atoms with Crippen LogP contribution in [0.5, 0.6) is 0 Å². The number of aliphatic hydroxyl groups is 1. The minimum absolute atomic E-state index is 0.0741. The van der Waals surface area contributed by atoms with Crippen LogP contribution >= 0.6 is 23.2 Å². The number of amides is 1. The summed E-state index contributed by atoms with van der Waals surface area (Å²) in [6, 6.07) is 4.87. The third-order valence-electron chi connectivity index (χ3n) is 3.26. The van der Waals surface area contributed by atoms with Crippen LogP contribution in [0.1, 0.15) is 23.2 Å². The van der Waals surface area contributed by atoms with Crippen molar-refractivity contribution in [2.45, 2.75) is 18.9 Å². The van der Waals surface area contributed by atoms with Crippen LogP contribution in [-0.2, 0) is 0 Å². The van der Waals surface area contributed by atoms with E-state index in [0.29, 0.717) is 28.1 Å². The summed E-state index contributed by atoms with van der Waals surface area (Å²) in [7, 11) is 1.76. The standard InChI is InChI=1S/C13H15Cl2NO2/c1-16(7-8-4-10(17)5-8)13(18)9-2-3-11(14)12(15)6-9/h2-3,6,8,10,17H,4-5,7H2,1H3. The fraction of sp³-hybridized carbons (Fsp3) is 0.462. The van der Waals surface area contributed by atoms with Gasteiger partial charge in [0.15, 0.2) is 0 Å². The van der Waals surface area contributed by atoms with Crippen LogP contribution in [0.2, 0.25) is 10.0 Å². The van der Waals surface area contributed by atoms with E-state index in [9.17, 15) is 9.90 Å². The van der Waals surface area contributed by atoms with E-state index in [4.69, 9.17) is 23.2 Å². The molecule has 1 aliphatic carbocycles. The first kappa shape index (κ1) is 13.7. The number of carbonyl (C=O) groups is 1. The predicted octanol–water partition coefficient (Wildman–Crippen LogP) is 2.84. The van der Waals surface area contributed by atoms with Gasteiger partial charge in [-0.05, 0) is 37.0 Å². The van der Waals surface area contributed by atoms with Crippen molar-refractivity contribution < 1.29 is 9.90 Å². The second-order valence-electron chi connectivity index (χ2n) is 4.81. The average molecular weight is 288 g/mol. The summed E-state index contributed by atoms with van der Waals surface area (Å²) in [4.78, 5) is 13.8. The number of benzene rings is 1. The van der Waals surface area contributed by atoms with E-state index in [-0.39, 0.29) is 12.0 Å². The molecule has 18 heavy (non-hydrogen) atoms. The van der Waals surface area contributed by atoms with E-state index in [1.807, 2.05) is 0 Å². The van der Waals surface area contributed by atoms with Crippen LogP contribution in [0.15, 0.2) is 18.2 Å². The van der Waals surface area contributed by atoms with Crippen LogP contribution in [0.3, 0.4) is 0 Å². The fourth-order valence-corrected chi connectivity index (χ4v) is 2.47. The largest absolute Gasteiger partial charge is 0.393 e. The number of carbonyl (C=O) groups excluding carboxylic acids is 1. The Morgan fingerprint density at radius 2 is 2.06 bits per heavy atom. The zero-order valence-corrected chi connectivity index (χ0v) is 11.6. The maximum Gasteiger partial charge on any atom is 0.253 e. The molecule has 5 heteroatoms. The van der Waals surface area contributed by atoms with Gasteiger partial charge in [0.2, 0.25) is 0 Å². The van der Waals surface area contributed by atoms with Crippen molar-refractivity contribution >= 4 is 29.1 Å². The molecule has 0 saturated heterocycles. The topological polar surface area (TPSA) is 40.5 Å². The second-order valence-corrected chi connectivity index (χ2v) is 5.62. The fourth-order valence-electron chi connectivity index (χ4n) is 2.17. The lowest BCUT2D eigenvalue weighted by Crippen LogP contribution is -2.39. The van der Waals surface area contributed by atoms with Crippen molar-refractivity contribution in [2.75, 3.05) is 13.6 Å². The molecule has 1 aromatic carbocycles. The Kier molecular flexibility index (Phi) is 4.15. The van der Waals surface area contributed by atoms with Gasteiger partial charge < -0.3 is 10.0 Å². The summed E-state index contributed by atoms with van der Waals surface area (Å²) in [6.45, 7) is 0.663. The third kappa shape index (κ3) is 2.97. The lowest BCUT2D eigenvalue weighted by molar-refractivity contribution is 0.0265. The normalized spacial score (nSPS) is 22.4. The Morgan fingerprint density at radius 3 is 2.61 bits per heavy atom. The molecule has 0 bridgehead atoms. The van der Waals surface area contributed by atoms with E-state index < -0.39 is 0 Å². The van der Waals surface area contributed by atoms with Crippen LogP contribution in [-0.4, -0.2) is 35.6 Å². The Hall–Kier alpha value is -0.770. The van der Waals surface area contributed by atoms with E-state index in [1.54, 1.807) is 30.1 Å². The Balaban J connectivity index is 1.99. The molecule has 0 unspecified atom stereocenters. The van der Waals surface area contributed by atoms with E-state index >= 15 is 0 Å². The van der Waals surface area contributed by atoms with Gasteiger partial charge in [0.05, 0.1) is 16.1 Å². The molecular weight excluding hydrogens is 273 g/mol. The van der Waals surface area contributed by atoms with Gasteiger partial charge in [0.1, 0.15) is 0 Å². The van der Waals surface area contributed by atoms with E-state index in [1.165, 1.54) is 0 Å². The minimum atomic E-state index is -0.191. The molecule has 98 valence electrons. The minimum Gasteiger partial charge on any atom is -0.393 e. The van der Waals surface area contributed by atoms with Crippen LogP contribution in [0, 0.1) is 5.92 Å². The van der Waals surface area contributed by atoms with Gasteiger partial charge in [0.25, 0.3) is 5.91 Å². The highest BCUT2D eigenvalue weighted by atomic mass is 35.5. The number of rotatable bonds is 3. The molecule has 0 aliphatic heterocycles. The number of halogens is 2. The highest BCUT2D eigenvalue weighted by Crippen LogP contribution is 2.28. The molecule has 2 rings (SSSR count). The number of hydrogen-bond acceptors (Lipinski definition) is 2. The summed E-state index contributed by atoms with van der Waals surface area (Å²) >= 11 is 11.7. The molecule has 1 aromatic rings. The van der Waals surface area contributed by atoms with Crippen molar-refractivity contribution in [3.8, 4) is 0 Å². The van der Waals surface area contributed by atoms with Gasteiger partial charge >= 0.3 is 0 Å². The van der Waals surface area contributed by atoms with Gasteiger partial charge in [0, 0.05) is 19.2 Å². The summed E-state index contributed by atoms with van der Waals surface area (Å²) in [5, 5.41) is 10.0. The van der Waals surface area contributed by atoms with Gasteiger partial charge in [-0.3, -0.25) is 4.79 Å². The second kappa shape index (κ2) is 5.47. The highest BCUT2D eigenvalue weighted by molar-refractivity contribution is 6.42. The Bertz CT molecular complexity index is 458. The molecule has 1 amide bonds. The predicted molar refractivity (Wildman–Crippen MR) is 72.2 cm³/mol. The first-order chi connectivity index (χ1) is 8.47. The maximum absolute atomic E-state index is 12.1. The first-order valence-corrected chi connectivity index (χ1v) is 6.61. The van der Waals surface area contributed by atoms with Crippen LogP contribution < -0.4 is 0 Å².